The van der Waals surface area contributed by atoms with Crippen LogP contribution in [0.3, 0.4) is 0 Å². The summed E-state index contributed by atoms with van der Waals surface area (Å²) in [4.78, 5) is 2.52. The maximum absolute atomic E-state index is 2.73. The van der Waals surface area contributed by atoms with Gasteiger partial charge >= 0.3 is 0 Å². The molecule has 0 N–H and O–H groups in total. The molecule has 0 unspecified atom stereocenters. The normalized spacial score (nSPS) is 13.1. The Labute approximate surface area is 416 Å². The topological polar surface area (TPSA) is 3.24 Å². The van der Waals surface area contributed by atoms with E-state index in [1.807, 2.05) is 0 Å². The van der Waals surface area contributed by atoms with Crippen LogP contribution in [0, 0.1) is 0 Å². The zero-order chi connectivity index (χ0) is 46.9. The van der Waals surface area contributed by atoms with Gasteiger partial charge in [-0.05, 0) is 111 Å². The van der Waals surface area contributed by atoms with E-state index in [0.717, 1.165) is 5.69 Å². The second-order valence-corrected chi connectivity index (χ2v) is 22.8. The van der Waals surface area contributed by atoms with Crippen molar-refractivity contribution in [3.05, 3.63) is 279 Å². The standard InChI is InChI=1S/C68H46BNSi/c1-6-23-47(24-7-1)56-35-22-36-59-66-64(48-25-8-2-9-26-48)57-33-16-17-34-58(57)65(49-27-10-3-11-28-49)68(66)69(67(56)59)52-43-41-51-46-53(44-42-50(51)45-52)70-60-37-18-20-39-62(60)71(54-29-12-4-13-30-54,55-31-14-5-15-32-55)63-40-21-19-38-61(63)70/h1-46H. The van der Waals surface area contributed by atoms with Gasteiger partial charge in [0.15, 0.2) is 8.07 Å². The van der Waals surface area contributed by atoms with Crippen LogP contribution in [0.1, 0.15) is 0 Å². The van der Waals surface area contributed by atoms with E-state index in [-0.39, 0.29) is 6.71 Å². The van der Waals surface area contributed by atoms with Crippen molar-refractivity contribution in [2.45, 2.75) is 0 Å². The van der Waals surface area contributed by atoms with Crippen molar-refractivity contribution in [3.63, 3.8) is 0 Å². The van der Waals surface area contributed by atoms with Crippen LogP contribution in [0.5, 0.6) is 0 Å². The summed E-state index contributed by atoms with van der Waals surface area (Å²) in [6.07, 6.45) is 0. The molecule has 0 amide bonds. The lowest BCUT2D eigenvalue weighted by atomic mass is 9.37. The lowest BCUT2D eigenvalue weighted by Crippen LogP contribution is -2.77. The maximum Gasteiger partial charge on any atom is 0.244 e. The number of fused-ring (bicyclic) bond motifs is 7. The molecule has 0 bridgehead atoms. The number of benzene rings is 12. The van der Waals surface area contributed by atoms with Gasteiger partial charge in [-0.1, -0.05) is 271 Å². The lowest BCUT2D eigenvalue weighted by molar-refractivity contribution is 1.29. The fourth-order valence-electron chi connectivity index (χ4n) is 12.5. The van der Waals surface area contributed by atoms with Crippen LogP contribution >= 0.6 is 0 Å². The molecule has 0 fully saturated rings. The van der Waals surface area contributed by atoms with Gasteiger partial charge in [0, 0.05) is 17.1 Å². The van der Waals surface area contributed by atoms with Crippen LogP contribution in [-0.2, 0) is 0 Å². The second kappa shape index (κ2) is 16.7. The quantitative estimate of drug-likeness (QED) is 0.144. The van der Waals surface area contributed by atoms with Crippen LogP contribution in [0.2, 0.25) is 0 Å². The summed E-state index contributed by atoms with van der Waals surface area (Å²) in [6, 6.07) is 105. The fourth-order valence-corrected chi connectivity index (χ4v) is 17.7. The minimum Gasteiger partial charge on any atom is -0.311 e. The Kier molecular flexibility index (Phi) is 9.72. The molecule has 71 heavy (non-hydrogen) atoms. The van der Waals surface area contributed by atoms with Crippen LogP contribution in [0.15, 0.2) is 279 Å². The molecule has 0 saturated carbocycles. The Morgan fingerprint density at radius 2 is 0.775 bits per heavy atom. The first-order chi connectivity index (χ1) is 35.3. The number of anilines is 3. The average molecular weight is 916 g/mol. The largest absolute Gasteiger partial charge is 0.311 e. The molecule has 0 atom stereocenters. The number of nitrogens with zero attached hydrogens (tertiary/aromatic N) is 1. The van der Waals surface area contributed by atoms with Gasteiger partial charge in [0.2, 0.25) is 6.71 Å². The predicted molar refractivity (Wildman–Crippen MR) is 306 cm³/mol. The summed E-state index contributed by atoms with van der Waals surface area (Å²) >= 11 is 0. The highest BCUT2D eigenvalue weighted by atomic mass is 28.3. The molecule has 0 aromatic heterocycles. The molecule has 14 rings (SSSR count). The minimum atomic E-state index is -2.73. The second-order valence-electron chi connectivity index (χ2n) is 19.0. The molecule has 1 nitrogen and oxygen atoms in total. The van der Waals surface area contributed by atoms with E-state index < -0.39 is 8.07 Å². The highest BCUT2D eigenvalue weighted by Gasteiger charge is 2.49. The molecule has 2 aliphatic heterocycles. The molecular weight excluding hydrogens is 870 g/mol. The molecule has 2 heterocycles. The van der Waals surface area contributed by atoms with E-state index in [4.69, 9.17) is 0 Å². The lowest BCUT2D eigenvalue weighted by Gasteiger charge is -2.45. The maximum atomic E-state index is 2.52. The molecule has 330 valence electrons. The summed E-state index contributed by atoms with van der Waals surface area (Å²) in [7, 11) is -2.73. The Hall–Kier alpha value is -8.76. The van der Waals surface area contributed by atoms with Gasteiger partial charge < -0.3 is 4.90 Å². The SMILES string of the molecule is c1ccc(-c2cccc3c2B(c2ccc4cc(N5c6ccccc6[Si](c6ccccc6)(c6ccccc6)c6ccccc65)ccc4c2)c2c-3c(-c3ccccc3)c3ccccc3c2-c2ccccc2)cc1. The van der Waals surface area contributed by atoms with Crippen molar-refractivity contribution >= 4 is 90.5 Å². The van der Waals surface area contributed by atoms with Gasteiger partial charge in [0.25, 0.3) is 0 Å². The van der Waals surface area contributed by atoms with Crippen molar-refractivity contribution in [2.24, 2.45) is 0 Å². The number of para-hydroxylation sites is 2. The summed E-state index contributed by atoms with van der Waals surface area (Å²) in [5, 5.41) is 10.6. The molecule has 0 radical (unpaired) electrons. The molecule has 12 aromatic carbocycles. The molecule has 2 aliphatic rings. The van der Waals surface area contributed by atoms with Crippen molar-refractivity contribution < 1.29 is 0 Å². The Morgan fingerprint density at radius 3 is 1.38 bits per heavy atom. The Balaban J connectivity index is 0.995. The fraction of sp³-hybridized carbons (Fsp3) is 0. The monoisotopic (exact) mass is 915 g/mol. The van der Waals surface area contributed by atoms with Gasteiger partial charge in [-0.2, -0.15) is 0 Å². The molecule has 0 aliphatic carbocycles. The van der Waals surface area contributed by atoms with Gasteiger partial charge in [0.05, 0.1) is 0 Å². The third-order valence-corrected chi connectivity index (χ3v) is 20.2. The molecule has 3 heteroatoms. The highest BCUT2D eigenvalue weighted by Crippen LogP contribution is 2.46. The molecule has 12 aromatic rings. The van der Waals surface area contributed by atoms with Gasteiger partial charge in [-0.3, -0.25) is 0 Å². The Bertz CT molecular complexity index is 3900. The van der Waals surface area contributed by atoms with Gasteiger partial charge in [-0.25, -0.2) is 0 Å². The van der Waals surface area contributed by atoms with Crippen LogP contribution in [0.4, 0.5) is 17.1 Å². The van der Waals surface area contributed by atoms with E-state index in [2.05, 4.69) is 284 Å². The Morgan fingerprint density at radius 1 is 0.310 bits per heavy atom. The van der Waals surface area contributed by atoms with Crippen molar-refractivity contribution in [1.82, 2.24) is 0 Å². The first-order valence-corrected chi connectivity index (χ1v) is 26.8. The zero-order valence-electron chi connectivity index (χ0n) is 39.1. The predicted octanol–water partition coefficient (Wildman–Crippen LogP) is 12.7. The number of hydrogen-bond acceptors (Lipinski definition) is 1. The van der Waals surface area contributed by atoms with Gasteiger partial charge in [0.1, 0.15) is 0 Å². The number of hydrogen-bond donors (Lipinski definition) is 0. The van der Waals surface area contributed by atoms with Crippen molar-refractivity contribution in [1.29, 1.82) is 0 Å². The van der Waals surface area contributed by atoms with E-state index in [0.29, 0.717) is 0 Å². The summed E-state index contributed by atoms with van der Waals surface area (Å²) in [5.41, 5.74) is 17.9. The van der Waals surface area contributed by atoms with Crippen LogP contribution in [0.25, 0.3) is 66.1 Å². The first-order valence-electron chi connectivity index (χ1n) is 24.8. The zero-order valence-corrected chi connectivity index (χ0v) is 40.1. The summed E-state index contributed by atoms with van der Waals surface area (Å²) in [5.74, 6) is 0. The van der Waals surface area contributed by atoms with E-state index in [1.165, 1.54) is 115 Å². The minimum absolute atomic E-state index is 0.0438. The van der Waals surface area contributed by atoms with Crippen molar-refractivity contribution in [2.75, 3.05) is 4.90 Å². The van der Waals surface area contributed by atoms with Crippen LogP contribution in [-0.4, -0.2) is 14.8 Å². The first kappa shape index (κ1) is 41.2. The van der Waals surface area contributed by atoms with Crippen LogP contribution < -0.4 is 42.0 Å². The summed E-state index contributed by atoms with van der Waals surface area (Å²) < 4.78 is 0. The molecular formula is C68H46BNSi. The van der Waals surface area contributed by atoms with E-state index in [1.54, 1.807) is 0 Å². The third-order valence-electron chi connectivity index (χ3n) is 15.4. The molecule has 0 spiro atoms. The van der Waals surface area contributed by atoms with E-state index in [9.17, 15) is 0 Å². The third kappa shape index (κ3) is 6.33. The van der Waals surface area contributed by atoms with Crippen molar-refractivity contribution in [3.8, 4) is 44.5 Å². The average Bonchev–Trinajstić information content (AvgIpc) is 3.80. The number of rotatable bonds is 7. The highest BCUT2D eigenvalue weighted by molar-refractivity contribution is 7.21. The summed E-state index contributed by atoms with van der Waals surface area (Å²) in [6.45, 7) is -0.0438. The van der Waals surface area contributed by atoms with E-state index >= 15 is 0 Å². The molecule has 0 saturated heterocycles. The van der Waals surface area contributed by atoms with Gasteiger partial charge in [-0.15, -0.1) is 0 Å². The smallest absolute Gasteiger partial charge is 0.244 e.